The van der Waals surface area contributed by atoms with Crippen molar-refractivity contribution in [3.63, 3.8) is 0 Å². The van der Waals surface area contributed by atoms with E-state index in [2.05, 4.69) is 23.5 Å². The number of aliphatic carboxylic acids is 2. The number of aliphatic hydroxyl groups excluding tert-OH is 1. The number of benzene rings is 2. The molecule has 2 aromatic carbocycles. The molecule has 0 fully saturated rings. The molecule has 0 radical (unpaired) electrons. The van der Waals surface area contributed by atoms with Crippen molar-refractivity contribution in [3.8, 4) is 11.8 Å². The SMILES string of the molecule is N#Cc1ccccc1OCC(O)CNCCSc1ccccc1.O=C(O)C(=O)O. The summed E-state index contributed by atoms with van der Waals surface area (Å²) in [5.41, 5.74) is 0.479. The van der Waals surface area contributed by atoms with Gasteiger partial charge in [-0.05, 0) is 24.3 Å². The van der Waals surface area contributed by atoms with Crippen LogP contribution in [0.1, 0.15) is 5.56 Å². The van der Waals surface area contributed by atoms with Crippen LogP contribution in [0, 0.1) is 11.3 Å². The number of rotatable bonds is 9. The fraction of sp³-hybridized carbons (Fsp3) is 0.250. The second kappa shape index (κ2) is 14.0. The van der Waals surface area contributed by atoms with Crippen LogP contribution < -0.4 is 10.1 Å². The Morgan fingerprint density at radius 1 is 1.07 bits per heavy atom. The van der Waals surface area contributed by atoms with Gasteiger partial charge < -0.3 is 25.4 Å². The van der Waals surface area contributed by atoms with Crippen molar-refractivity contribution in [2.24, 2.45) is 0 Å². The lowest BCUT2D eigenvalue weighted by molar-refractivity contribution is -0.159. The number of carboxylic acids is 2. The Labute approximate surface area is 172 Å². The van der Waals surface area contributed by atoms with Crippen molar-refractivity contribution >= 4 is 23.7 Å². The molecule has 9 heteroatoms. The summed E-state index contributed by atoms with van der Waals surface area (Å²) in [5, 5.41) is 36.9. The molecule has 0 aliphatic carbocycles. The Balaban J connectivity index is 0.000000612. The maximum atomic E-state index is 9.91. The molecule has 0 aliphatic heterocycles. The number of nitrogens with one attached hydrogen (secondary N) is 1. The van der Waals surface area contributed by atoms with E-state index < -0.39 is 18.0 Å². The quantitative estimate of drug-likeness (QED) is 0.273. The topological polar surface area (TPSA) is 140 Å². The zero-order valence-electron chi connectivity index (χ0n) is 15.5. The minimum absolute atomic E-state index is 0.164. The van der Waals surface area contributed by atoms with Gasteiger partial charge in [0.15, 0.2) is 0 Å². The largest absolute Gasteiger partial charge is 0.489 e. The summed E-state index contributed by atoms with van der Waals surface area (Å²) in [6.07, 6.45) is -0.608. The van der Waals surface area contributed by atoms with Gasteiger partial charge in [0.2, 0.25) is 0 Å². The first-order chi connectivity index (χ1) is 13.9. The first-order valence-corrected chi connectivity index (χ1v) is 9.57. The standard InChI is InChI=1S/C18H20N2O2S.C2H2O4/c19-12-15-6-4-5-9-18(15)22-14-16(21)13-20-10-11-23-17-7-2-1-3-8-17;3-1(4)2(5)6/h1-9,16,20-21H,10-11,13-14H2;(H,3,4)(H,5,6). The highest BCUT2D eigenvalue weighted by Gasteiger charge is 2.07. The number of nitriles is 1. The van der Waals surface area contributed by atoms with Crippen molar-refractivity contribution in [2.45, 2.75) is 11.0 Å². The van der Waals surface area contributed by atoms with E-state index in [-0.39, 0.29) is 6.61 Å². The van der Waals surface area contributed by atoms with Gasteiger partial charge in [-0.2, -0.15) is 5.26 Å². The Hall–Kier alpha value is -3.06. The zero-order valence-corrected chi connectivity index (χ0v) is 16.3. The van der Waals surface area contributed by atoms with Crippen LogP contribution in [0.2, 0.25) is 0 Å². The van der Waals surface area contributed by atoms with Crippen LogP contribution in [0.3, 0.4) is 0 Å². The Bertz CT molecular complexity index is 798. The van der Waals surface area contributed by atoms with Gasteiger partial charge >= 0.3 is 11.9 Å². The van der Waals surface area contributed by atoms with Gasteiger partial charge in [0.1, 0.15) is 24.5 Å². The Morgan fingerprint density at radius 2 is 1.69 bits per heavy atom. The molecule has 4 N–H and O–H groups in total. The van der Waals surface area contributed by atoms with E-state index in [9.17, 15) is 5.11 Å². The molecule has 0 heterocycles. The second-order valence-electron chi connectivity index (χ2n) is 5.55. The number of aliphatic hydroxyl groups is 1. The molecule has 0 amide bonds. The fourth-order valence-electron chi connectivity index (χ4n) is 1.96. The van der Waals surface area contributed by atoms with Crippen molar-refractivity contribution in [1.29, 1.82) is 5.26 Å². The van der Waals surface area contributed by atoms with Crippen molar-refractivity contribution in [2.75, 3.05) is 25.4 Å². The van der Waals surface area contributed by atoms with Gasteiger partial charge in [-0.1, -0.05) is 30.3 Å². The number of para-hydroxylation sites is 1. The Kier molecular flexibility index (Phi) is 11.6. The van der Waals surface area contributed by atoms with E-state index in [1.54, 1.807) is 30.0 Å². The highest BCUT2D eigenvalue weighted by Crippen LogP contribution is 2.17. The molecule has 154 valence electrons. The summed E-state index contributed by atoms with van der Waals surface area (Å²) in [4.78, 5) is 19.4. The molecular formula is C20H22N2O6S. The third-order valence-corrected chi connectivity index (χ3v) is 4.31. The van der Waals surface area contributed by atoms with Crippen LogP contribution in [-0.2, 0) is 9.59 Å². The number of thioether (sulfide) groups is 1. The zero-order chi connectivity index (χ0) is 21.5. The third-order valence-electron chi connectivity index (χ3n) is 3.29. The number of carboxylic acid groups (broad SMARTS) is 2. The molecule has 0 bridgehead atoms. The van der Waals surface area contributed by atoms with Crippen LogP contribution in [-0.4, -0.2) is 58.8 Å². The molecule has 1 unspecified atom stereocenters. The molecule has 0 saturated carbocycles. The fourth-order valence-corrected chi connectivity index (χ4v) is 2.79. The lowest BCUT2D eigenvalue weighted by Gasteiger charge is -2.13. The lowest BCUT2D eigenvalue weighted by atomic mass is 10.2. The van der Waals surface area contributed by atoms with Crippen LogP contribution in [0.4, 0.5) is 0 Å². The van der Waals surface area contributed by atoms with Crippen molar-refractivity contribution in [1.82, 2.24) is 5.32 Å². The van der Waals surface area contributed by atoms with Crippen LogP contribution >= 0.6 is 11.8 Å². The average Bonchev–Trinajstić information content (AvgIpc) is 2.73. The molecule has 2 rings (SSSR count). The molecule has 0 aromatic heterocycles. The van der Waals surface area contributed by atoms with Crippen molar-refractivity contribution < 1.29 is 29.6 Å². The summed E-state index contributed by atoms with van der Waals surface area (Å²) >= 11 is 1.78. The Morgan fingerprint density at radius 3 is 2.31 bits per heavy atom. The first kappa shape index (κ1) is 24.0. The maximum absolute atomic E-state index is 9.91. The number of hydrogen-bond donors (Lipinski definition) is 4. The lowest BCUT2D eigenvalue weighted by Crippen LogP contribution is -2.32. The summed E-state index contributed by atoms with van der Waals surface area (Å²) in [6, 6.07) is 19.3. The smallest absolute Gasteiger partial charge is 0.414 e. The highest BCUT2D eigenvalue weighted by atomic mass is 32.2. The molecule has 0 spiro atoms. The molecule has 0 aliphatic rings. The molecule has 29 heavy (non-hydrogen) atoms. The van der Waals surface area contributed by atoms with Crippen LogP contribution in [0.15, 0.2) is 59.5 Å². The predicted molar refractivity (Wildman–Crippen MR) is 108 cm³/mol. The van der Waals surface area contributed by atoms with E-state index in [4.69, 9.17) is 29.8 Å². The van der Waals surface area contributed by atoms with Gasteiger partial charge in [-0.15, -0.1) is 11.8 Å². The highest BCUT2D eigenvalue weighted by molar-refractivity contribution is 7.99. The van der Waals surface area contributed by atoms with E-state index in [1.165, 1.54) is 4.90 Å². The predicted octanol–water partition coefficient (Wildman–Crippen LogP) is 1.84. The van der Waals surface area contributed by atoms with E-state index in [0.717, 1.165) is 12.3 Å². The van der Waals surface area contributed by atoms with Crippen LogP contribution in [0.5, 0.6) is 5.75 Å². The van der Waals surface area contributed by atoms with E-state index in [1.807, 2.05) is 24.3 Å². The summed E-state index contributed by atoms with van der Waals surface area (Å²) < 4.78 is 5.50. The number of nitrogens with zero attached hydrogens (tertiary/aromatic N) is 1. The van der Waals surface area contributed by atoms with Gasteiger partial charge in [0.05, 0.1) is 5.56 Å². The van der Waals surface area contributed by atoms with Gasteiger partial charge in [-0.3, -0.25) is 0 Å². The molecule has 8 nitrogen and oxygen atoms in total. The van der Waals surface area contributed by atoms with Gasteiger partial charge in [0, 0.05) is 23.7 Å². The van der Waals surface area contributed by atoms with E-state index in [0.29, 0.717) is 17.9 Å². The van der Waals surface area contributed by atoms with Gasteiger partial charge in [0.25, 0.3) is 0 Å². The third kappa shape index (κ3) is 10.8. The minimum atomic E-state index is -1.82. The molecule has 2 aromatic rings. The maximum Gasteiger partial charge on any atom is 0.414 e. The summed E-state index contributed by atoms with van der Waals surface area (Å²) in [6.45, 7) is 1.44. The van der Waals surface area contributed by atoms with Crippen molar-refractivity contribution in [3.05, 3.63) is 60.2 Å². The second-order valence-corrected chi connectivity index (χ2v) is 6.72. The number of ether oxygens (including phenoxy) is 1. The molecular weight excluding hydrogens is 396 g/mol. The number of carbonyl (C=O) groups is 2. The summed E-state index contributed by atoms with van der Waals surface area (Å²) in [5.74, 6) is -2.20. The normalized spacial score (nSPS) is 10.8. The molecule has 1 atom stereocenters. The van der Waals surface area contributed by atoms with Gasteiger partial charge in [-0.25, -0.2) is 9.59 Å². The minimum Gasteiger partial charge on any atom is -0.489 e. The monoisotopic (exact) mass is 418 g/mol. The number of hydrogen-bond acceptors (Lipinski definition) is 7. The first-order valence-electron chi connectivity index (χ1n) is 8.58. The average molecular weight is 418 g/mol. The van der Waals surface area contributed by atoms with Crippen LogP contribution in [0.25, 0.3) is 0 Å². The molecule has 0 saturated heterocycles. The van der Waals surface area contributed by atoms with E-state index >= 15 is 0 Å². The summed E-state index contributed by atoms with van der Waals surface area (Å²) in [7, 11) is 0.